The van der Waals surface area contributed by atoms with Crippen LogP contribution in [0.25, 0.3) is 32.5 Å². The first kappa shape index (κ1) is 22.1. The Kier molecular flexibility index (Phi) is 6.04. The number of fused-ring (bicyclic) bond motifs is 2. The molecule has 11 heteroatoms. The number of nitrogens with one attached hydrogen (secondary N) is 1. The number of morpholine rings is 1. The summed E-state index contributed by atoms with van der Waals surface area (Å²) < 4.78 is 19.4. The van der Waals surface area contributed by atoms with Crippen LogP contribution in [0.5, 0.6) is 0 Å². The molecule has 0 amide bonds. The number of aromatic amines is 1. The Labute approximate surface area is 204 Å². The van der Waals surface area contributed by atoms with Crippen molar-refractivity contribution in [1.82, 2.24) is 29.4 Å². The van der Waals surface area contributed by atoms with Gasteiger partial charge in [-0.05, 0) is 12.1 Å². The van der Waals surface area contributed by atoms with E-state index in [1.807, 2.05) is 22.6 Å². The molecule has 178 valence electrons. The molecule has 2 fully saturated rings. The number of hydrogen-bond acceptors (Lipinski definition) is 8. The van der Waals surface area contributed by atoms with Gasteiger partial charge in [0.1, 0.15) is 10.6 Å². The molecule has 0 bridgehead atoms. The van der Waals surface area contributed by atoms with Gasteiger partial charge in [-0.25, -0.2) is 18.5 Å². The molecule has 2 aliphatic rings. The summed E-state index contributed by atoms with van der Waals surface area (Å²) in [5.74, 6) is 1.71. The summed E-state index contributed by atoms with van der Waals surface area (Å²) in [6, 6.07) is 8.36. The fourth-order valence-corrected chi connectivity index (χ4v) is 6.44. The lowest BCUT2D eigenvalue weighted by Gasteiger charge is -2.32. The number of nitrogens with zero attached hydrogens (tertiary/aromatic N) is 6. The van der Waals surface area contributed by atoms with Crippen LogP contribution in [0.1, 0.15) is 4.88 Å². The van der Waals surface area contributed by atoms with Crippen molar-refractivity contribution >= 4 is 49.3 Å². The van der Waals surface area contributed by atoms with Gasteiger partial charge in [-0.1, -0.05) is 12.1 Å². The van der Waals surface area contributed by atoms with Crippen molar-refractivity contribution in [2.75, 3.05) is 63.6 Å². The third kappa shape index (κ3) is 4.22. The smallest absolute Gasteiger partial charge is 0.163 e. The average Bonchev–Trinajstić information content (AvgIpc) is 3.50. The van der Waals surface area contributed by atoms with Crippen molar-refractivity contribution in [2.24, 2.45) is 0 Å². The zero-order chi connectivity index (χ0) is 23.1. The predicted octanol–water partition coefficient (Wildman–Crippen LogP) is 2.48. The molecule has 2 aliphatic heterocycles. The van der Waals surface area contributed by atoms with Gasteiger partial charge in [-0.3, -0.25) is 10.00 Å². The number of benzene rings is 1. The first-order valence-electron chi connectivity index (χ1n) is 11.5. The molecule has 3 aromatic heterocycles. The second-order valence-corrected chi connectivity index (χ2v) is 11.1. The number of anilines is 1. The first-order valence-corrected chi connectivity index (χ1v) is 13.9. The highest BCUT2D eigenvalue weighted by molar-refractivity contribution is 7.81. The summed E-state index contributed by atoms with van der Waals surface area (Å²) >= 11 is 1.74. The zero-order valence-corrected chi connectivity index (χ0v) is 20.7. The molecule has 1 atom stereocenters. The fraction of sp³-hybridized carbons (Fsp3) is 0.435. The van der Waals surface area contributed by atoms with Gasteiger partial charge in [-0.2, -0.15) is 5.10 Å². The molecule has 2 saturated heterocycles. The van der Waals surface area contributed by atoms with Crippen LogP contribution >= 0.6 is 11.3 Å². The van der Waals surface area contributed by atoms with E-state index in [0.29, 0.717) is 13.2 Å². The van der Waals surface area contributed by atoms with E-state index in [1.54, 1.807) is 17.6 Å². The predicted molar refractivity (Wildman–Crippen MR) is 136 cm³/mol. The third-order valence-electron chi connectivity index (χ3n) is 6.53. The molecule has 1 aromatic carbocycles. The van der Waals surface area contributed by atoms with Gasteiger partial charge >= 0.3 is 0 Å². The highest BCUT2D eigenvalue weighted by Crippen LogP contribution is 2.35. The maximum Gasteiger partial charge on any atom is 0.163 e. The van der Waals surface area contributed by atoms with Gasteiger partial charge in [0, 0.05) is 67.9 Å². The molecule has 1 N–H and O–H groups in total. The summed E-state index contributed by atoms with van der Waals surface area (Å²) in [4.78, 5) is 17.1. The number of H-pyrrole nitrogens is 1. The molecule has 4 aromatic rings. The standard InChI is InChI=1S/C23H27N7O2S2/c1-34(31)30-7-5-28(6-8-30)15-16-13-18-22(29-9-11-32-12-10-29)25-21(26-23(18)33-16)17-3-2-4-20-19(17)14-24-27-20/h2-4,13-14H,5-12,15H2,1H3,(H,24,27). The molecule has 1 unspecified atom stereocenters. The van der Waals surface area contributed by atoms with E-state index < -0.39 is 11.0 Å². The lowest BCUT2D eigenvalue weighted by Crippen LogP contribution is -2.46. The summed E-state index contributed by atoms with van der Waals surface area (Å²) in [5.41, 5.74) is 1.97. The molecular formula is C23H27N7O2S2. The minimum absolute atomic E-state index is 0.707. The van der Waals surface area contributed by atoms with E-state index in [1.165, 1.54) is 4.88 Å². The van der Waals surface area contributed by atoms with Crippen molar-refractivity contribution in [1.29, 1.82) is 0 Å². The van der Waals surface area contributed by atoms with Gasteiger partial charge in [0.25, 0.3) is 0 Å². The molecule has 0 spiro atoms. The fourth-order valence-electron chi connectivity index (χ4n) is 4.70. The van der Waals surface area contributed by atoms with Crippen LogP contribution in [0.15, 0.2) is 30.5 Å². The van der Waals surface area contributed by atoms with E-state index >= 15 is 0 Å². The first-order chi connectivity index (χ1) is 16.7. The molecule has 9 nitrogen and oxygen atoms in total. The second kappa shape index (κ2) is 9.31. The number of piperazine rings is 1. The largest absolute Gasteiger partial charge is 0.378 e. The normalized spacial score (nSPS) is 19.3. The van der Waals surface area contributed by atoms with Gasteiger partial charge in [-0.15, -0.1) is 11.3 Å². The lowest BCUT2D eigenvalue weighted by atomic mass is 10.1. The number of thiophene rings is 1. The molecule has 0 radical (unpaired) electrons. The monoisotopic (exact) mass is 497 g/mol. The van der Waals surface area contributed by atoms with Gasteiger partial charge in [0.2, 0.25) is 0 Å². The second-order valence-electron chi connectivity index (χ2n) is 8.67. The van der Waals surface area contributed by atoms with Crippen LogP contribution in [0.3, 0.4) is 0 Å². The summed E-state index contributed by atoms with van der Waals surface area (Å²) in [6.07, 6.45) is 3.60. The van der Waals surface area contributed by atoms with Gasteiger partial charge < -0.3 is 9.64 Å². The van der Waals surface area contributed by atoms with Gasteiger partial charge in [0.05, 0.1) is 41.3 Å². The Morgan fingerprint density at radius 1 is 1.09 bits per heavy atom. The highest BCUT2D eigenvalue weighted by Gasteiger charge is 2.23. The Morgan fingerprint density at radius 2 is 1.91 bits per heavy atom. The topological polar surface area (TPSA) is 90.5 Å². The third-order valence-corrected chi connectivity index (χ3v) is 8.64. The van der Waals surface area contributed by atoms with Crippen molar-refractivity contribution in [2.45, 2.75) is 6.54 Å². The average molecular weight is 498 g/mol. The Hall–Kier alpha value is -2.44. The number of aromatic nitrogens is 4. The Balaban J connectivity index is 1.37. The van der Waals surface area contributed by atoms with E-state index in [-0.39, 0.29) is 0 Å². The molecule has 0 aliphatic carbocycles. The minimum Gasteiger partial charge on any atom is -0.378 e. The molecule has 5 heterocycles. The van der Waals surface area contributed by atoms with Crippen LogP contribution in [-0.4, -0.2) is 92.3 Å². The summed E-state index contributed by atoms with van der Waals surface area (Å²) in [5, 5.41) is 9.40. The highest BCUT2D eigenvalue weighted by atomic mass is 32.2. The lowest BCUT2D eigenvalue weighted by molar-refractivity contribution is 0.122. The van der Waals surface area contributed by atoms with Crippen molar-refractivity contribution in [3.05, 3.63) is 35.3 Å². The van der Waals surface area contributed by atoms with Gasteiger partial charge in [0.15, 0.2) is 5.82 Å². The number of ether oxygens (including phenoxy) is 1. The van der Waals surface area contributed by atoms with E-state index in [2.05, 4.69) is 32.1 Å². The quantitative estimate of drug-likeness (QED) is 0.453. The van der Waals surface area contributed by atoms with Crippen LogP contribution in [0.4, 0.5) is 5.82 Å². The Morgan fingerprint density at radius 3 is 2.71 bits per heavy atom. The summed E-state index contributed by atoms with van der Waals surface area (Å²) in [7, 11) is -0.891. The molecule has 6 rings (SSSR count). The molecular weight excluding hydrogens is 470 g/mol. The maximum absolute atomic E-state index is 11.8. The van der Waals surface area contributed by atoms with Crippen molar-refractivity contribution in [3.8, 4) is 11.4 Å². The Bertz CT molecular complexity index is 1340. The molecule has 34 heavy (non-hydrogen) atoms. The molecule has 0 saturated carbocycles. The maximum atomic E-state index is 11.8. The van der Waals surface area contributed by atoms with Crippen molar-refractivity contribution in [3.63, 3.8) is 0 Å². The van der Waals surface area contributed by atoms with Crippen LogP contribution < -0.4 is 4.90 Å². The van der Waals surface area contributed by atoms with E-state index in [9.17, 15) is 4.21 Å². The van der Waals surface area contributed by atoms with E-state index in [0.717, 1.165) is 84.1 Å². The minimum atomic E-state index is -0.891. The summed E-state index contributed by atoms with van der Waals surface area (Å²) in [6.45, 7) is 7.45. The van der Waals surface area contributed by atoms with Crippen LogP contribution in [-0.2, 0) is 22.3 Å². The number of hydrogen-bond donors (Lipinski definition) is 1. The SMILES string of the molecule is CS(=O)N1CCN(Cc2cc3c(N4CCOCC4)nc(-c4cccc5[nH]ncc45)nc3s2)CC1. The zero-order valence-electron chi connectivity index (χ0n) is 19.1. The van der Waals surface area contributed by atoms with Crippen LogP contribution in [0.2, 0.25) is 0 Å². The number of rotatable bonds is 5. The van der Waals surface area contributed by atoms with E-state index in [4.69, 9.17) is 14.7 Å². The van der Waals surface area contributed by atoms with Crippen molar-refractivity contribution < 1.29 is 8.95 Å². The van der Waals surface area contributed by atoms with Crippen LogP contribution in [0, 0.1) is 0 Å².